The Morgan fingerprint density at radius 3 is 2.36 bits per heavy atom. The predicted molar refractivity (Wildman–Crippen MR) is 105 cm³/mol. The maximum absolute atomic E-state index is 12.3. The Balaban J connectivity index is 2.47. The molecule has 156 valence electrons. The van der Waals surface area contributed by atoms with Gasteiger partial charge in [0.25, 0.3) is 0 Å². The number of amides is 2. The highest BCUT2D eigenvalue weighted by molar-refractivity contribution is 5.94. The van der Waals surface area contributed by atoms with E-state index in [1.54, 1.807) is 24.3 Å². The minimum atomic E-state index is -2.08. The second-order valence-electron chi connectivity index (χ2n) is 7.97. The lowest BCUT2D eigenvalue weighted by Crippen LogP contribution is -2.70. The van der Waals surface area contributed by atoms with Gasteiger partial charge in [0.2, 0.25) is 0 Å². The summed E-state index contributed by atoms with van der Waals surface area (Å²) in [5.41, 5.74) is 1.80. The van der Waals surface area contributed by atoms with Crippen molar-refractivity contribution in [2.24, 2.45) is 5.73 Å². The number of aliphatic hydroxyl groups excluding tert-OH is 1. The number of Topliss-reactive ketones (excluding diaryl/α,β-unsaturated/α-hetero) is 1. The van der Waals surface area contributed by atoms with Crippen molar-refractivity contribution in [3.8, 4) is 0 Å². The second-order valence-corrected chi connectivity index (χ2v) is 7.97. The molecule has 5 atom stereocenters. The van der Waals surface area contributed by atoms with Crippen LogP contribution < -0.4 is 16.4 Å². The minimum Gasteiger partial charge on any atom is -0.393 e. The van der Waals surface area contributed by atoms with E-state index in [2.05, 4.69) is 10.6 Å². The van der Waals surface area contributed by atoms with Gasteiger partial charge in [-0.3, -0.25) is 4.79 Å². The van der Waals surface area contributed by atoms with Gasteiger partial charge in [-0.25, -0.2) is 4.79 Å². The summed E-state index contributed by atoms with van der Waals surface area (Å²) in [4.78, 5) is 25.2. The Morgan fingerprint density at radius 1 is 1.25 bits per heavy atom. The first-order chi connectivity index (χ1) is 12.8. The number of nitrogens with two attached hydrogens (primary N) is 1. The third kappa shape index (κ3) is 3.24. The number of aliphatic hydroxyl groups is 3. The van der Waals surface area contributed by atoms with Gasteiger partial charge in [0.1, 0.15) is 11.2 Å². The average Bonchev–Trinajstić information content (AvgIpc) is 2.73. The van der Waals surface area contributed by atoms with Crippen LogP contribution in [0.2, 0.25) is 0 Å². The van der Waals surface area contributed by atoms with Gasteiger partial charge >= 0.3 is 6.03 Å². The van der Waals surface area contributed by atoms with Gasteiger partial charge in [-0.15, -0.1) is 0 Å². The van der Waals surface area contributed by atoms with Gasteiger partial charge in [0.05, 0.1) is 24.2 Å². The van der Waals surface area contributed by atoms with Crippen LogP contribution in [0.1, 0.15) is 31.1 Å². The lowest BCUT2D eigenvalue weighted by Gasteiger charge is -2.45. The predicted octanol–water partition coefficient (Wildman–Crippen LogP) is -0.485. The van der Waals surface area contributed by atoms with Crippen molar-refractivity contribution in [2.45, 2.75) is 49.6 Å². The summed E-state index contributed by atoms with van der Waals surface area (Å²) >= 11 is 0. The Hall–Kier alpha value is -2.20. The van der Waals surface area contributed by atoms with Crippen LogP contribution in [0.4, 0.5) is 10.5 Å². The molecule has 1 aromatic rings. The lowest BCUT2D eigenvalue weighted by atomic mass is 9.77. The van der Waals surface area contributed by atoms with E-state index < -0.39 is 41.5 Å². The first-order valence-corrected chi connectivity index (χ1v) is 9.00. The van der Waals surface area contributed by atoms with Crippen LogP contribution in [0.15, 0.2) is 24.3 Å². The van der Waals surface area contributed by atoms with Crippen molar-refractivity contribution in [2.75, 3.05) is 26.0 Å². The number of anilines is 1. The van der Waals surface area contributed by atoms with Crippen LogP contribution in [0.3, 0.4) is 0 Å². The summed E-state index contributed by atoms with van der Waals surface area (Å²) in [6.07, 6.45) is 0. The van der Waals surface area contributed by atoms with E-state index >= 15 is 0 Å². The summed E-state index contributed by atoms with van der Waals surface area (Å²) in [6.45, 7) is 3.48. The van der Waals surface area contributed by atoms with Crippen LogP contribution in [-0.2, 0) is 0 Å². The van der Waals surface area contributed by atoms with E-state index in [4.69, 9.17) is 5.73 Å². The molecule has 1 aromatic carbocycles. The Bertz CT molecular complexity index is 768. The van der Waals surface area contributed by atoms with Crippen LogP contribution >= 0.6 is 0 Å². The number of ketones is 1. The van der Waals surface area contributed by atoms with Crippen LogP contribution in [0.5, 0.6) is 0 Å². The van der Waals surface area contributed by atoms with E-state index in [1.165, 1.54) is 39.8 Å². The highest BCUT2D eigenvalue weighted by Crippen LogP contribution is 2.46. The standard InChI is InChI=1S/C19H30N4O5/c1-11(25)12-7-6-8-13(9-12)21-15-14(20)17(2,22-16(26)23(4)5)18(3,27)19(15,28)10-24/h6-9,14-15,21,24,27-28H,10,20H2,1-5H3,(H,22,26)/t14-,15-,17-,18+,19+/m0/s1. The number of carbonyl (C=O) groups is 2. The summed E-state index contributed by atoms with van der Waals surface area (Å²) in [5.74, 6) is -0.133. The monoisotopic (exact) mass is 394 g/mol. The molecule has 0 saturated heterocycles. The fourth-order valence-corrected chi connectivity index (χ4v) is 3.72. The molecule has 9 heteroatoms. The molecule has 9 nitrogen and oxygen atoms in total. The topological polar surface area (TPSA) is 148 Å². The first kappa shape index (κ1) is 22.1. The number of nitrogens with zero attached hydrogens (tertiary/aromatic N) is 1. The number of rotatable bonds is 5. The van der Waals surface area contributed by atoms with E-state index in [1.807, 2.05) is 0 Å². The van der Waals surface area contributed by atoms with Gasteiger partial charge in [0.15, 0.2) is 5.78 Å². The number of carbonyl (C=O) groups excluding carboxylic acids is 2. The first-order valence-electron chi connectivity index (χ1n) is 9.00. The highest BCUT2D eigenvalue weighted by Gasteiger charge is 2.72. The van der Waals surface area contributed by atoms with E-state index in [0.29, 0.717) is 11.3 Å². The number of hydrogen-bond donors (Lipinski definition) is 6. The smallest absolute Gasteiger partial charge is 0.317 e. The number of urea groups is 1. The van der Waals surface area contributed by atoms with Crippen molar-refractivity contribution in [1.82, 2.24) is 10.2 Å². The molecule has 1 aliphatic carbocycles. The van der Waals surface area contributed by atoms with Gasteiger partial charge in [-0.1, -0.05) is 12.1 Å². The highest BCUT2D eigenvalue weighted by atomic mass is 16.4. The van der Waals surface area contributed by atoms with Gasteiger partial charge in [0, 0.05) is 25.3 Å². The quantitative estimate of drug-likeness (QED) is 0.369. The number of hydrogen-bond acceptors (Lipinski definition) is 7. The Morgan fingerprint density at radius 2 is 1.86 bits per heavy atom. The van der Waals surface area contributed by atoms with Gasteiger partial charge in [-0.05, 0) is 32.9 Å². The summed E-state index contributed by atoms with van der Waals surface area (Å²) < 4.78 is 0. The van der Waals surface area contributed by atoms with E-state index in [-0.39, 0.29) is 5.78 Å². The normalized spacial score (nSPS) is 34.8. The number of nitrogens with one attached hydrogen (secondary N) is 2. The fourth-order valence-electron chi connectivity index (χ4n) is 3.72. The number of benzene rings is 1. The maximum atomic E-state index is 12.3. The zero-order chi connectivity index (χ0) is 21.5. The maximum Gasteiger partial charge on any atom is 0.317 e. The zero-order valence-corrected chi connectivity index (χ0v) is 16.9. The summed E-state index contributed by atoms with van der Waals surface area (Å²) in [6, 6.07) is 4.08. The molecule has 1 saturated carbocycles. The fraction of sp³-hybridized carbons (Fsp3) is 0.579. The van der Waals surface area contributed by atoms with Crippen molar-refractivity contribution in [3.63, 3.8) is 0 Å². The Labute approximate surface area is 164 Å². The van der Waals surface area contributed by atoms with Crippen molar-refractivity contribution in [1.29, 1.82) is 0 Å². The molecule has 0 unspecified atom stereocenters. The molecule has 0 bridgehead atoms. The van der Waals surface area contributed by atoms with Crippen LogP contribution in [0, 0.1) is 0 Å². The van der Waals surface area contributed by atoms with E-state index in [0.717, 1.165) is 0 Å². The average molecular weight is 394 g/mol. The molecular formula is C19H30N4O5. The molecule has 2 rings (SSSR count). The largest absolute Gasteiger partial charge is 0.393 e. The third-order valence-corrected chi connectivity index (χ3v) is 6.00. The van der Waals surface area contributed by atoms with Crippen LogP contribution in [0.25, 0.3) is 0 Å². The molecule has 28 heavy (non-hydrogen) atoms. The molecule has 2 amide bonds. The molecule has 0 spiro atoms. The van der Waals surface area contributed by atoms with Gasteiger partial charge in [-0.2, -0.15) is 0 Å². The lowest BCUT2D eigenvalue weighted by molar-refractivity contribution is -0.168. The van der Waals surface area contributed by atoms with Crippen molar-refractivity contribution < 1.29 is 24.9 Å². The van der Waals surface area contributed by atoms with Crippen molar-refractivity contribution in [3.05, 3.63) is 29.8 Å². The molecule has 0 aliphatic heterocycles. The zero-order valence-electron chi connectivity index (χ0n) is 16.9. The summed E-state index contributed by atoms with van der Waals surface area (Å²) in [5, 5.41) is 38.1. The Kier molecular flexibility index (Phi) is 5.78. The minimum absolute atomic E-state index is 0.133. The summed E-state index contributed by atoms with van der Waals surface area (Å²) in [7, 11) is 3.07. The molecule has 1 aliphatic rings. The molecule has 0 aromatic heterocycles. The molecule has 0 radical (unpaired) electrons. The van der Waals surface area contributed by atoms with Crippen molar-refractivity contribution >= 4 is 17.5 Å². The van der Waals surface area contributed by atoms with Gasteiger partial charge < -0.3 is 36.6 Å². The second kappa shape index (κ2) is 7.32. The third-order valence-electron chi connectivity index (χ3n) is 6.00. The van der Waals surface area contributed by atoms with Crippen LogP contribution in [-0.4, -0.2) is 81.6 Å². The molecular weight excluding hydrogens is 364 g/mol. The SMILES string of the molecule is CC(=O)c1cccc(N[C@H]2[C@H](N)[C@](C)(NC(=O)N(C)C)[C@@](C)(O)[C@@]2(O)CO)c1. The molecule has 1 fully saturated rings. The van der Waals surface area contributed by atoms with E-state index in [9.17, 15) is 24.9 Å². The molecule has 7 N–H and O–H groups in total. The molecule has 0 heterocycles.